The van der Waals surface area contributed by atoms with Crippen LogP contribution in [0.1, 0.15) is 17.9 Å². The first-order valence-corrected chi connectivity index (χ1v) is 12.0. The zero-order chi connectivity index (χ0) is 26.5. The summed E-state index contributed by atoms with van der Waals surface area (Å²) >= 11 is 17.9. The van der Waals surface area contributed by atoms with Crippen LogP contribution in [0.15, 0.2) is 51.9 Å². The van der Waals surface area contributed by atoms with Crippen LogP contribution in [0.3, 0.4) is 0 Å². The summed E-state index contributed by atoms with van der Waals surface area (Å²) in [7, 11) is 2.93. The molecule has 0 atom stereocenters. The first kappa shape index (κ1) is 26.5. The van der Waals surface area contributed by atoms with Crippen molar-refractivity contribution in [3.05, 3.63) is 69.0 Å². The van der Waals surface area contributed by atoms with Crippen molar-refractivity contribution in [3.63, 3.8) is 0 Å². The third-order valence-corrected chi connectivity index (χ3v) is 5.96. The molecule has 0 N–H and O–H groups in total. The third-order valence-electron chi connectivity index (χ3n) is 5.21. The molecule has 12 heteroatoms. The second kappa shape index (κ2) is 11.7. The molecule has 0 fully saturated rings. The molecule has 2 amide bonds. The van der Waals surface area contributed by atoms with Crippen LogP contribution in [0.25, 0.3) is 17.5 Å². The van der Waals surface area contributed by atoms with Crippen LogP contribution in [0.4, 0.5) is 0 Å². The highest BCUT2D eigenvalue weighted by Gasteiger charge is 2.25. The van der Waals surface area contributed by atoms with Gasteiger partial charge in [0.2, 0.25) is 11.6 Å². The number of hydrogen-bond donors (Lipinski definition) is 0. The molecule has 1 aromatic heterocycles. The van der Waals surface area contributed by atoms with E-state index in [-0.39, 0.29) is 30.0 Å². The van der Waals surface area contributed by atoms with Crippen molar-refractivity contribution in [1.29, 1.82) is 0 Å². The number of carbonyl (C=O) groups excluding carboxylic acids is 2. The van der Waals surface area contributed by atoms with Gasteiger partial charge in [0, 0.05) is 28.2 Å². The van der Waals surface area contributed by atoms with E-state index >= 15 is 0 Å². The molecule has 0 spiro atoms. The van der Waals surface area contributed by atoms with Crippen LogP contribution >= 0.6 is 34.8 Å². The van der Waals surface area contributed by atoms with Gasteiger partial charge in [-0.15, -0.1) is 10.2 Å². The van der Waals surface area contributed by atoms with Gasteiger partial charge in [0.25, 0.3) is 17.7 Å². The first-order chi connectivity index (χ1) is 17.8. The van der Waals surface area contributed by atoms with E-state index in [0.29, 0.717) is 44.8 Å². The monoisotopic (exact) mass is 563 g/mol. The summed E-state index contributed by atoms with van der Waals surface area (Å²) in [5, 5.41) is 8.91. The Hall–Kier alpha value is -3.53. The lowest BCUT2D eigenvalue weighted by atomic mass is 10.1. The number of imide groups is 1. The fourth-order valence-corrected chi connectivity index (χ4v) is 4.22. The number of nitrogens with zero attached hydrogens (tertiary/aromatic N) is 3. The van der Waals surface area contributed by atoms with E-state index in [1.807, 2.05) is 0 Å². The lowest BCUT2D eigenvalue weighted by Gasteiger charge is -2.21. The van der Waals surface area contributed by atoms with Crippen LogP contribution < -0.4 is 14.2 Å². The molecule has 2 aromatic carbocycles. The van der Waals surface area contributed by atoms with Crippen LogP contribution in [-0.2, 0) is 16.2 Å². The summed E-state index contributed by atoms with van der Waals surface area (Å²) in [6, 6.07) is 8.21. The lowest BCUT2D eigenvalue weighted by Crippen LogP contribution is -2.38. The van der Waals surface area contributed by atoms with Gasteiger partial charge in [-0.2, -0.15) is 0 Å². The van der Waals surface area contributed by atoms with E-state index in [1.165, 1.54) is 26.4 Å². The zero-order valence-corrected chi connectivity index (χ0v) is 21.9. The predicted molar refractivity (Wildman–Crippen MR) is 138 cm³/mol. The molecule has 0 saturated carbocycles. The maximum absolute atomic E-state index is 12.5. The smallest absolute Gasteiger partial charge is 0.271 e. The minimum absolute atomic E-state index is 0.0302. The highest BCUT2D eigenvalue weighted by molar-refractivity contribution is 6.43. The summed E-state index contributed by atoms with van der Waals surface area (Å²) in [5.41, 5.74) is 1.15. The first-order valence-electron chi connectivity index (χ1n) is 10.9. The van der Waals surface area contributed by atoms with Crippen molar-refractivity contribution in [2.45, 2.75) is 13.0 Å². The summed E-state index contributed by atoms with van der Waals surface area (Å²) in [4.78, 5) is 25.7. The van der Waals surface area contributed by atoms with E-state index in [0.717, 1.165) is 4.90 Å². The van der Waals surface area contributed by atoms with Crippen molar-refractivity contribution >= 4 is 52.7 Å². The standard InChI is InChI=1S/C25H20Cl3N3O6/c1-34-19-8-14(5-6-22(32)31-7-3-4-18(28)25(31)33)9-20(35-2)23(19)36-13-21-29-30-24(37-21)15-10-16(26)12-17(27)11-15/h4-6,8-12H,3,7,13H2,1-2H3/b6-5+. The van der Waals surface area contributed by atoms with Crippen molar-refractivity contribution < 1.29 is 28.2 Å². The Morgan fingerprint density at radius 1 is 1.05 bits per heavy atom. The zero-order valence-electron chi connectivity index (χ0n) is 19.7. The van der Waals surface area contributed by atoms with Crippen molar-refractivity contribution in [2.24, 2.45) is 0 Å². The second-order valence-electron chi connectivity index (χ2n) is 7.67. The van der Waals surface area contributed by atoms with E-state index in [4.69, 9.17) is 53.4 Å². The molecule has 0 bridgehead atoms. The largest absolute Gasteiger partial charge is 0.493 e. The molecular weight excluding hydrogens is 545 g/mol. The second-order valence-corrected chi connectivity index (χ2v) is 8.95. The Bertz CT molecular complexity index is 1360. The maximum Gasteiger partial charge on any atom is 0.271 e. The maximum atomic E-state index is 12.5. The van der Waals surface area contributed by atoms with Crippen molar-refractivity contribution in [3.8, 4) is 28.7 Å². The lowest BCUT2D eigenvalue weighted by molar-refractivity contribution is -0.139. The van der Waals surface area contributed by atoms with Crippen LogP contribution in [0, 0.1) is 0 Å². The molecule has 4 rings (SSSR count). The number of carbonyl (C=O) groups is 2. The minimum atomic E-state index is -0.524. The third kappa shape index (κ3) is 6.25. The van der Waals surface area contributed by atoms with Gasteiger partial charge in [-0.1, -0.05) is 40.9 Å². The van der Waals surface area contributed by atoms with Gasteiger partial charge in [0.15, 0.2) is 18.1 Å². The number of amides is 2. The Kier molecular flexibility index (Phi) is 8.38. The fraction of sp³-hybridized carbons (Fsp3) is 0.200. The number of ether oxygens (including phenoxy) is 3. The van der Waals surface area contributed by atoms with E-state index in [1.54, 1.807) is 36.4 Å². The Balaban J connectivity index is 1.50. The Morgan fingerprint density at radius 3 is 2.38 bits per heavy atom. The van der Waals surface area contributed by atoms with Crippen LogP contribution in [-0.4, -0.2) is 47.7 Å². The number of benzene rings is 2. The summed E-state index contributed by atoms with van der Waals surface area (Å²) in [6.45, 7) is 0.187. The fourth-order valence-electron chi connectivity index (χ4n) is 3.48. The van der Waals surface area contributed by atoms with Gasteiger partial charge < -0.3 is 18.6 Å². The molecule has 0 radical (unpaired) electrons. The molecule has 2 heterocycles. The average molecular weight is 565 g/mol. The van der Waals surface area contributed by atoms with Gasteiger partial charge in [-0.3, -0.25) is 14.5 Å². The quantitative estimate of drug-likeness (QED) is 0.329. The molecule has 37 heavy (non-hydrogen) atoms. The van der Waals surface area contributed by atoms with Gasteiger partial charge in [0.05, 0.1) is 14.2 Å². The summed E-state index contributed by atoms with van der Waals surface area (Å²) < 4.78 is 22.5. The van der Waals surface area contributed by atoms with E-state index < -0.39 is 11.8 Å². The number of methoxy groups -OCH3 is 2. The Morgan fingerprint density at radius 2 is 1.73 bits per heavy atom. The molecule has 0 unspecified atom stereocenters. The SMILES string of the molecule is COc1cc(/C=C/C(=O)N2CCC=C(Cl)C2=O)cc(OC)c1OCc1nnc(-c2cc(Cl)cc(Cl)c2)o1. The molecule has 3 aromatic rings. The molecule has 9 nitrogen and oxygen atoms in total. The highest BCUT2D eigenvalue weighted by Crippen LogP contribution is 2.39. The molecular formula is C25H20Cl3N3O6. The number of aromatic nitrogens is 2. The number of rotatable bonds is 8. The number of halogens is 3. The van der Waals surface area contributed by atoms with E-state index in [2.05, 4.69) is 10.2 Å². The van der Waals surface area contributed by atoms with Gasteiger partial charge >= 0.3 is 0 Å². The average Bonchev–Trinajstić information content (AvgIpc) is 3.36. The molecule has 192 valence electrons. The summed E-state index contributed by atoms with van der Waals surface area (Å²) in [6.07, 6.45) is 4.92. The number of hydrogen-bond acceptors (Lipinski definition) is 8. The van der Waals surface area contributed by atoms with Gasteiger partial charge in [0.1, 0.15) is 5.03 Å². The molecule has 1 aliphatic rings. The Labute approximate surface area is 227 Å². The van der Waals surface area contributed by atoms with Crippen LogP contribution in [0.5, 0.6) is 17.2 Å². The minimum Gasteiger partial charge on any atom is -0.493 e. The molecule has 1 aliphatic heterocycles. The molecule has 0 aliphatic carbocycles. The van der Waals surface area contributed by atoms with Crippen molar-refractivity contribution in [1.82, 2.24) is 15.1 Å². The van der Waals surface area contributed by atoms with Crippen LogP contribution in [0.2, 0.25) is 10.0 Å². The van der Waals surface area contributed by atoms with Gasteiger partial charge in [-0.25, -0.2) is 0 Å². The van der Waals surface area contributed by atoms with Crippen molar-refractivity contribution in [2.75, 3.05) is 20.8 Å². The predicted octanol–water partition coefficient (Wildman–Crippen LogP) is 5.53. The summed E-state index contributed by atoms with van der Waals surface area (Å²) in [5.74, 6) is 0.398. The van der Waals surface area contributed by atoms with E-state index in [9.17, 15) is 9.59 Å². The normalized spacial score (nSPS) is 13.6. The van der Waals surface area contributed by atoms with Gasteiger partial charge in [-0.05, 0) is 48.4 Å². The topological polar surface area (TPSA) is 104 Å². The molecule has 0 saturated heterocycles. The highest BCUT2D eigenvalue weighted by atomic mass is 35.5.